The predicted octanol–water partition coefficient (Wildman–Crippen LogP) is 2.25. The highest BCUT2D eigenvalue weighted by molar-refractivity contribution is 5.43. The van der Waals surface area contributed by atoms with Crippen LogP contribution in [0.25, 0.3) is 6.08 Å². The van der Waals surface area contributed by atoms with Crippen molar-refractivity contribution >= 4 is 6.08 Å². The molecule has 3 heteroatoms. The van der Waals surface area contributed by atoms with Crippen molar-refractivity contribution in [2.75, 3.05) is 13.2 Å². The Morgan fingerprint density at radius 3 is 2.93 bits per heavy atom. The molecule has 0 atom stereocenters. The molecule has 0 bridgehead atoms. The van der Waals surface area contributed by atoms with E-state index in [1.165, 1.54) is 0 Å². The summed E-state index contributed by atoms with van der Waals surface area (Å²) < 4.78 is 10.8. The minimum absolute atomic E-state index is 0.0706. The molecule has 1 fully saturated rings. The zero-order chi connectivity index (χ0) is 10.3. The largest absolute Gasteiger partial charge is 0.352 e. The van der Waals surface area contributed by atoms with Gasteiger partial charge in [-0.1, -0.05) is 12.1 Å². The lowest BCUT2D eigenvalue weighted by Gasteiger charge is -2.21. The molecule has 1 aromatic rings. The maximum absolute atomic E-state index is 5.42. The summed E-state index contributed by atoms with van der Waals surface area (Å²) in [5.41, 5.74) is 0.966. The zero-order valence-corrected chi connectivity index (χ0v) is 8.63. The first kappa shape index (κ1) is 10.3. The van der Waals surface area contributed by atoms with Crippen LogP contribution >= 0.6 is 0 Å². The summed E-state index contributed by atoms with van der Waals surface area (Å²) in [6, 6.07) is 5.85. The van der Waals surface area contributed by atoms with Crippen LogP contribution in [-0.2, 0) is 9.47 Å². The van der Waals surface area contributed by atoms with Gasteiger partial charge in [0.25, 0.3) is 0 Å². The van der Waals surface area contributed by atoms with Gasteiger partial charge in [-0.2, -0.15) is 0 Å². The number of nitrogens with zero attached hydrogens (tertiary/aromatic N) is 1. The Hall–Kier alpha value is -1.19. The van der Waals surface area contributed by atoms with Crippen LogP contribution < -0.4 is 0 Å². The van der Waals surface area contributed by atoms with Gasteiger partial charge in [0.15, 0.2) is 6.29 Å². The van der Waals surface area contributed by atoms with E-state index < -0.39 is 0 Å². The molecular weight excluding hydrogens is 190 g/mol. The lowest BCUT2D eigenvalue weighted by atomic mass is 10.3. The molecule has 0 radical (unpaired) electrons. The van der Waals surface area contributed by atoms with E-state index in [0.717, 1.165) is 31.7 Å². The van der Waals surface area contributed by atoms with Gasteiger partial charge in [-0.25, -0.2) is 0 Å². The van der Waals surface area contributed by atoms with Gasteiger partial charge in [0.2, 0.25) is 0 Å². The van der Waals surface area contributed by atoms with Gasteiger partial charge < -0.3 is 9.47 Å². The van der Waals surface area contributed by atoms with Crippen LogP contribution in [0.15, 0.2) is 30.5 Å². The lowest BCUT2D eigenvalue weighted by Crippen LogP contribution is -2.23. The molecule has 80 valence electrons. The molecular formula is C12H15NO2. The molecule has 2 heterocycles. The highest BCUT2D eigenvalue weighted by atomic mass is 16.7. The highest BCUT2D eigenvalue weighted by Crippen LogP contribution is 2.09. The number of aromatic nitrogens is 1. The fourth-order valence-electron chi connectivity index (χ4n) is 1.45. The van der Waals surface area contributed by atoms with E-state index in [0.29, 0.717) is 0 Å². The summed E-state index contributed by atoms with van der Waals surface area (Å²) in [5.74, 6) is 0. The Balaban J connectivity index is 1.79. The maximum atomic E-state index is 5.42. The normalized spacial score (nSPS) is 18.4. The fraction of sp³-hybridized carbons (Fsp3) is 0.417. The third-order valence-corrected chi connectivity index (χ3v) is 2.20. The van der Waals surface area contributed by atoms with Crippen LogP contribution in [0.3, 0.4) is 0 Å². The fourth-order valence-corrected chi connectivity index (χ4v) is 1.45. The molecule has 0 unspecified atom stereocenters. The van der Waals surface area contributed by atoms with Crippen molar-refractivity contribution in [3.8, 4) is 0 Å². The van der Waals surface area contributed by atoms with Gasteiger partial charge in [0.05, 0.1) is 18.9 Å². The van der Waals surface area contributed by atoms with E-state index in [2.05, 4.69) is 4.98 Å². The first-order valence-corrected chi connectivity index (χ1v) is 5.26. The van der Waals surface area contributed by atoms with E-state index in [4.69, 9.17) is 9.47 Å². The van der Waals surface area contributed by atoms with Gasteiger partial charge >= 0.3 is 0 Å². The van der Waals surface area contributed by atoms with Crippen molar-refractivity contribution in [3.63, 3.8) is 0 Å². The molecule has 3 nitrogen and oxygen atoms in total. The van der Waals surface area contributed by atoms with Gasteiger partial charge in [-0.3, -0.25) is 4.98 Å². The molecule has 15 heavy (non-hydrogen) atoms. The number of ether oxygens (including phenoxy) is 2. The predicted molar refractivity (Wildman–Crippen MR) is 58.2 cm³/mol. The smallest absolute Gasteiger partial charge is 0.160 e. The lowest BCUT2D eigenvalue weighted by molar-refractivity contribution is -0.175. The zero-order valence-electron chi connectivity index (χ0n) is 8.63. The summed E-state index contributed by atoms with van der Waals surface area (Å²) in [5, 5.41) is 0. The first-order chi connectivity index (χ1) is 7.45. The average Bonchev–Trinajstić information content (AvgIpc) is 2.32. The van der Waals surface area contributed by atoms with Crippen molar-refractivity contribution < 1.29 is 9.47 Å². The Morgan fingerprint density at radius 1 is 1.33 bits per heavy atom. The highest BCUT2D eigenvalue weighted by Gasteiger charge is 2.11. The van der Waals surface area contributed by atoms with Gasteiger partial charge in [0, 0.05) is 12.6 Å². The average molecular weight is 205 g/mol. The topological polar surface area (TPSA) is 31.4 Å². The summed E-state index contributed by atoms with van der Waals surface area (Å²) in [6.07, 6.45) is 7.53. The van der Waals surface area contributed by atoms with E-state index in [-0.39, 0.29) is 6.29 Å². The minimum Gasteiger partial charge on any atom is -0.352 e. The molecule has 0 amide bonds. The standard InChI is InChI=1S/C12H15NO2/c1-2-8-13-11(5-1)6-3-7-12-14-9-4-10-15-12/h1-3,5-6,8,12H,4,7,9-10H2. The van der Waals surface area contributed by atoms with Crippen molar-refractivity contribution in [2.24, 2.45) is 0 Å². The molecule has 0 N–H and O–H groups in total. The van der Waals surface area contributed by atoms with E-state index >= 15 is 0 Å². The number of hydrogen-bond donors (Lipinski definition) is 0. The summed E-state index contributed by atoms with van der Waals surface area (Å²) >= 11 is 0. The molecule has 0 aliphatic carbocycles. The summed E-state index contributed by atoms with van der Waals surface area (Å²) in [6.45, 7) is 1.62. The van der Waals surface area contributed by atoms with E-state index in [9.17, 15) is 0 Å². The second kappa shape index (κ2) is 5.63. The van der Waals surface area contributed by atoms with E-state index in [1.54, 1.807) is 6.20 Å². The molecule has 0 aromatic carbocycles. The summed E-state index contributed by atoms with van der Waals surface area (Å²) in [7, 11) is 0. The van der Waals surface area contributed by atoms with Crippen LogP contribution in [0.4, 0.5) is 0 Å². The molecule has 1 aliphatic heterocycles. The SMILES string of the molecule is C(=Cc1ccccn1)CC1OCCCO1. The number of pyridine rings is 1. The van der Waals surface area contributed by atoms with Gasteiger partial charge in [-0.05, 0) is 24.6 Å². The second-order valence-electron chi connectivity index (χ2n) is 3.42. The van der Waals surface area contributed by atoms with Crippen LogP contribution in [-0.4, -0.2) is 24.5 Å². The van der Waals surface area contributed by atoms with Crippen molar-refractivity contribution in [2.45, 2.75) is 19.1 Å². The monoisotopic (exact) mass is 205 g/mol. The Bertz CT molecular complexity index is 305. The Kier molecular flexibility index (Phi) is 3.88. The van der Waals surface area contributed by atoms with E-state index in [1.807, 2.05) is 30.4 Å². The van der Waals surface area contributed by atoms with Crippen molar-refractivity contribution in [1.82, 2.24) is 4.98 Å². The molecule has 1 aliphatic rings. The van der Waals surface area contributed by atoms with Gasteiger partial charge in [0.1, 0.15) is 0 Å². The molecule has 0 spiro atoms. The quantitative estimate of drug-likeness (QED) is 0.758. The Labute approximate surface area is 89.7 Å². The number of rotatable bonds is 3. The molecule has 2 rings (SSSR count). The van der Waals surface area contributed by atoms with Crippen molar-refractivity contribution in [1.29, 1.82) is 0 Å². The third kappa shape index (κ3) is 3.46. The third-order valence-electron chi connectivity index (χ3n) is 2.20. The molecule has 0 saturated carbocycles. The minimum atomic E-state index is -0.0706. The van der Waals surface area contributed by atoms with Gasteiger partial charge in [-0.15, -0.1) is 0 Å². The van der Waals surface area contributed by atoms with Crippen LogP contribution in [0.2, 0.25) is 0 Å². The molecule has 1 saturated heterocycles. The second-order valence-corrected chi connectivity index (χ2v) is 3.42. The van der Waals surface area contributed by atoms with Crippen LogP contribution in [0.5, 0.6) is 0 Å². The van der Waals surface area contributed by atoms with Crippen LogP contribution in [0.1, 0.15) is 18.5 Å². The Morgan fingerprint density at radius 2 is 2.20 bits per heavy atom. The molecule has 1 aromatic heterocycles. The summed E-state index contributed by atoms with van der Waals surface area (Å²) in [4.78, 5) is 4.19. The number of hydrogen-bond acceptors (Lipinski definition) is 3. The van der Waals surface area contributed by atoms with Crippen LogP contribution in [0, 0.1) is 0 Å². The first-order valence-electron chi connectivity index (χ1n) is 5.26. The van der Waals surface area contributed by atoms with Crippen molar-refractivity contribution in [3.05, 3.63) is 36.2 Å². The maximum Gasteiger partial charge on any atom is 0.160 e.